The molecule has 0 bridgehead atoms. The number of ether oxygens (including phenoxy) is 1. The number of thiophene rings is 1. The molecule has 0 spiro atoms. The molecule has 0 saturated heterocycles. The first-order chi connectivity index (χ1) is 9.28. The standard InChI is InChI=1S/C15H13ClO2S/c16-13-4-1-3-12(9-13)10-18-11-15-7-6-14(19-15)5-2-8-17/h1,3-4,6-7,9,17H,8,10-11H2. The van der Waals surface area contributed by atoms with E-state index in [1.54, 1.807) is 11.3 Å². The van der Waals surface area contributed by atoms with Crippen molar-refractivity contribution in [3.63, 3.8) is 0 Å². The van der Waals surface area contributed by atoms with Crippen molar-refractivity contribution in [3.05, 3.63) is 56.7 Å². The minimum atomic E-state index is -0.113. The van der Waals surface area contributed by atoms with Crippen molar-refractivity contribution in [2.75, 3.05) is 6.61 Å². The highest BCUT2D eigenvalue weighted by Gasteiger charge is 1.99. The third-order valence-corrected chi connectivity index (χ3v) is 3.56. The molecule has 0 atom stereocenters. The molecule has 0 fully saturated rings. The lowest BCUT2D eigenvalue weighted by atomic mass is 10.2. The number of aliphatic hydroxyl groups excluding tert-OH is 1. The molecule has 98 valence electrons. The summed E-state index contributed by atoms with van der Waals surface area (Å²) in [6.45, 7) is 0.979. The number of benzene rings is 1. The molecular weight excluding hydrogens is 280 g/mol. The van der Waals surface area contributed by atoms with Crippen LogP contribution in [-0.4, -0.2) is 11.7 Å². The van der Waals surface area contributed by atoms with Gasteiger partial charge in [-0.25, -0.2) is 0 Å². The molecule has 0 saturated carbocycles. The third-order valence-electron chi connectivity index (χ3n) is 2.35. The minimum Gasteiger partial charge on any atom is -0.384 e. The summed E-state index contributed by atoms with van der Waals surface area (Å²) < 4.78 is 5.63. The van der Waals surface area contributed by atoms with Crippen molar-refractivity contribution >= 4 is 22.9 Å². The highest BCUT2D eigenvalue weighted by atomic mass is 35.5. The number of halogens is 1. The zero-order valence-corrected chi connectivity index (χ0v) is 11.8. The summed E-state index contributed by atoms with van der Waals surface area (Å²) >= 11 is 7.48. The average Bonchev–Trinajstić information content (AvgIpc) is 2.84. The topological polar surface area (TPSA) is 29.5 Å². The van der Waals surface area contributed by atoms with Gasteiger partial charge < -0.3 is 9.84 Å². The first kappa shape index (κ1) is 14.1. The fraction of sp³-hybridized carbons (Fsp3) is 0.200. The van der Waals surface area contributed by atoms with Crippen LogP contribution in [0.2, 0.25) is 5.02 Å². The quantitative estimate of drug-likeness (QED) is 0.875. The highest BCUT2D eigenvalue weighted by Crippen LogP contribution is 2.17. The molecule has 0 amide bonds. The Labute approximate surface area is 121 Å². The molecule has 2 aromatic rings. The van der Waals surface area contributed by atoms with E-state index in [1.165, 1.54) is 0 Å². The summed E-state index contributed by atoms with van der Waals surface area (Å²) in [6.07, 6.45) is 0. The van der Waals surface area contributed by atoms with Gasteiger partial charge in [-0.3, -0.25) is 0 Å². The second-order valence-electron chi connectivity index (χ2n) is 3.85. The van der Waals surface area contributed by atoms with Gasteiger partial charge in [0.25, 0.3) is 0 Å². The van der Waals surface area contributed by atoms with Crippen LogP contribution in [0.5, 0.6) is 0 Å². The maximum atomic E-state index is 8.62. The Morgan fingerprint density at radius 3 is 2.89 bits per heavy atom. The first-order valence-electron chi connectivity index (χ1n) is 5.78. The molecule has 19 heavy (non-hydrogen) atoms. The molecular formula is C15H13ClO2S. The van der Waals surface area contributed by atoms with E-state index in [1.807, 2.05) is 36.4 Å². The predicted molar refractivity (Wildman–Crippen MR) is 78.2 cm³/mol. The normalized spacial score (nSPS) is 10.0. The van der Waals surface area contributed by atoms with Gasteiger partial charge in [0.2, 0.25) is 0 Å². The smallest absolute Gasteiger partial charge is 0.104 e. The van der Waals surface area contributed by atoms with Gasteiger partial charge in [-0.05, 0) is 29.8 Å². The molecule has 1 aromatic heterocycles. The van der Waals surface area contributed by atoms with Crippen LogP contribution in [0.3, 0.4) is 0 Å². The summed E-state index contributed by atoms with van der Waals surface area (Å²) in [7, 11) is 0. The van der Waals surface area contributed by atoms with E-state index in [9.17, 15) is 0 Å². The lowest BCUT2D eigenvalue weighted by Crippen LogP contribution is -1.91. The van der Waals surface area contributed by atoms with E-state index in [0.29, 0.717) is 13.2 Å². The summed E-state index contributed by atoms with van der Waals surface area (Å²) in [5.41, 5.74) is 1.06. The SMILES string of the molecule is OCC#Cc1ccc(COCc2cccc(Cl)c2)s1. The Balaban J connectivity index is 1.84. The number of hydrogen-bond acceptors (Lipinski definition) is 3. The predicted octanol–water partition coefficient (Wildman–Crippen LogP) is 3.46. The van der Waals surface area contributed by atoms with Crippen molar-refractivity contribution in [3.8, 4) is 11.8 Å². The second kappa shape index (κ2) is 7.32. The van der Waals surface area contributed by atoms with Crippen LogP contribution < -0.4 is 0 Å². The van der Waals surface area contributed by atoms with Crippen LogP contribution in [0.4, 0.5) is 0 Å². The zero-order valence-electron chi connectivity index (χ0n) is 10.2. The van der Waals surface area contributed by atoms with E-state index >= 15 is 0 Å². The zero-order chi connectivity index (χ0) is 13.5. The first-order valence-corrected chi connectivity index (χ1v) is 6.98. The molecule has 0 unspecified atom stereocenters. The van der Waals surface area contributed by atoms with Gasteiger partial charge in [-0.2, -0.15) is 0 Å². The minimum absolute atomic E-state index is 0.113. The van der Waals surface area contributed by atoms with Crippen LogP contribution >= 0.6 is 22.9 Å². The van der Waals surface area contributed by atoms with Gasteiger partial charge >= 0.3 is 0 Å². The molecule has 1 N–H and O–H groups in total. The Kier molecular flexibility index (Phi) is 5.44. The molecule has 1 heterocycles. The van der Waals surface area contributed by atoms with Gasteiger partial charge in [-0.1, -0.05) is 35.6 Å². The Bertz CT molecular complexity index is 595. The van der Waals surface area contributed by atoms with Crippen molar-refractivity contribution < 1.29 is 9.84 Å². The molecule has 0 aliphatic heterocycles. The van der Waals surface area contributed by atoms with E-state index in [0.717, 1.165) is 20.3 Å². The maximum absolute atomic E-state index is 8.62. The maximum Gasteiger partial charge on any atom is 0.104 e. The van der Waals surface area contributed by atoms with Gasteiger partial charge in [0.1, 0.15) is 6.61 Å². The average molecular weight is 293 g/mol. The fourth-order valence-electron chi connectivity index (χ4n) is 1.55. The Morgan fingerprint density at radius 1 is 1.21 bits per heavy atom. The molecule has 0 aliphatic carbocycles. The van der Waals surface area contributed by atoms with E-state index in [4.69, 9.17) is 21.4 Å². The van der Waals surface area contributed by atoms with Gasteiger partial charge in [0, 0.05) is 9.90 Å². The lowest BCUT2D eigenvalue weighted by molar-refractivity contribution is 0.109. The molecule has 2 rings (SSSR count). The van der Waals surface area contributed by atoms with Gasteiger partial charge in [0.05, 0.1) is 18.1 Å². The van der Waals surface area contributed by atoms with Crippen LogP contribution in [0.1, 0.15) is 15.3 Å². The van der Waals surface area contributed by atoms with Crippen molar-refractivity contribution in [1.82, 2.24) is 0 Å². The van der Waals surface area contributed by atoms with Crippen LogP contribution in [0, 0.1) is 11.8 Å². The van der Waals surface area contributed by atoms with Crippen molar-refractivity contribution in [2.45, 2.75) is 13.2 Å². The number of hydrogen-bond donors (Lipinski definition) is 1. The molecule has 2 nitrogen and oxygen atoms in total. The van der Waals surface area contributed by atoms with Crippen LogP contribution in [-0.2, 0) is 18.0 Å². The lowest BCUT2D eigenvalue weighted by Gasteiger charge is -2.03. The van der Waals surface area contributed by atoms with E-state index < -0.39 is 0 Å². The number of rotatable bonds is 4. The van der Waals surface area contributed by atoms with E-state index in [2.05, 4.69) is 11.8 Å². The Morgan fingerprint density at radius 2 is 2.11 bits per heavy atom. The van der Waals surface area contributed by atoms with Gasteiger partial charge in [-0.15, -0.1) is 11.3 Å². The Hall–Kier alpha value is -1.31. The summed E-state index contributed by atoms with van der Waals surface area (Å²) in [5, 5.41) is 9.34. The summed E-state index contributed by atoms with van der Waals surface area (Å²) in [5.74, 6) is 5.50. The number of aliphatic hydroxyl groups is 1. The van der Waals surface area contributed by atoms with Gasteiger partial charge in [0.15, 0.2) is 0 Å². The molecule has 0 aliphatic rings. The van der Waals surface area contributed by atoms with Crippen molar-refractivity contribution in [2.24, 2.45) is 0 Å². The molecule has 4 heteroatoms. The molecule has 0 radical (unpaired) electrons. The molecule has 1 aromatic carbocycles. The van der Waals surface area contributed by atoms with Crippen molar-refractivity contribution in [1.29, 1.82) is 0 Å². The van der Waals surface area contributed by atoms with Crippen LogP contribution in [0.25, 0.3) is 0 Å². The third kappa shape index (κ3) is 4.70. The highest BCUT2D eigenvalue weighted by molar-refractivity contribution is 7.12. The largest absolute Gasteiger partial charge is 0.384 e. The van der Waals surface area contributed by atoms with E-state index in [-0.39, 0.29) is 6.61 Å². The second-order valence-corrected chi connectivity index (χ2v) is 5.45. The summed E-state index contributed by atoms with van der Waals surface area (Å²) in [6, 6.07) is 11.6. The van der Waals surface area contributed by atoms with Crippen LogP contribution in [0.15, 0.2) is 36.4 Å². The summed E-state index contributed by atoms with van der Waals surface area (Å²) in [4.78, 5) is 2.06. The monoisotopic (exact) mass is 292 g/mol. The fourth-order valence-corrected chi connectivity index (χ4v) is 2.58.